The molecule has 2 aromatic rings. The van der Waals surface area contributed by atoms with Gasteiger partial charge in [0.2, 0.25) is 0 Å². The number of hydrogen-bond acceptors (Lipinski definition) is 3. The molecule has 2 heterocycles. The van der Waals surface area contributed by atoms with Crippen molar-refractivity contribution in [2.24, 2.45) is 5.92 Å². The summed E-state index contributed by atoms with van der Waals surface area (Å²) in [5.41, 5.74) is 8.30. The number of terminal acetylenes is 1. The van der Waals surface area contributed by atoms with Gasteiger partial charge >= 0.3 is 0 Å². The summed E-state index contributed by atoms with van der Waals surface area (Å²) >= 11 is 0. The van der Waals surface area contributed by atoms with Crippen LogP contribution in [0, 0.1) is 29.9 Å². The van der Waals surface area contributed by atoms with Crippen LogP contribution in [0.25, 0.3) is 0 Å². The summed E-state index contributed by atoms with van der Waals surface area (Å²) in [6, 6.07) is 10.9. The van der Waals surface area contributed by atoms with Crippen LogP contribution in [0.4, 0.5) is 8.78 Å². The predicted molar refractivity (Wildman–Crippen MR) is 97.5 cm³/mol. The molecule has 2 aliphatic rings. The first kappa shape index (κ1) is 17.7. The highest BCUT2D eigenvalue weighted by atomic mass is 19.2. The minimum Gasteiger partial charge on any atom is -0.338 e. The first-order chi connectivity index (χ1) is 13.1. The maximum atomic E-state index is 13.7. The van der Waals surface area contributed by atoms with E-state index in [9.17, 15) is 13.6 Å². The smallest absolute Gasteiger partial charge is 0.253 e. The molecule has 2 saturated heterocycles. The third kappa shape index (κ3) is 3.32. The molecule has 0 spiro atoms. The summed E-state index contributed by atoms with van der Waals surface area (Å²) in [6.45, 7) is 1.15. The predicted octanol–water partition coefficient (Wildman–Crippen LogP) is 2.63. The van der Waals surface area contributed by atoms with Gasteiger partial charge in [-0.15, -0.1) is 6.42 Å². The fraction of sp³-hybridized carbons (Fsp3) is 0.286. The third-order valence-electron chi connectivity index (χ3n) is 5.38. The zero-order valence-corrected chi connectivity index (χ0v) is 14.6. The van der Waals surface area contributed by atoms with Crippen LogP contribution in [-0.4, -0.2) is 29.9 Å². The molecule has 3 atom stereocenters. The number of likely N-dealkylation sites (tertiary alicyclic amines) is 1. The molecule has 6 heteroatoms. The summed E-state index contributed by atoms with van der Waals surface area (Å²) < 4.78 is 26.9. The van der Waals surface area contributed by atoms with Crippen molar-refractivity contribution in [2.45, 2.75) is 18.5 Å². The van der Waals surface area contributed by atoms with Gasteiger partial charge in [-0.2, -0.15) is 0 Å². The van der Waals surface area contributed by atoms with E-state index < -0.39 is 11.6 Å². The number of halogens is 2. The second kappa shape index (κ2) is 7.10. The molecule has 27 heavy (non-hydrogen) atoms. The van der Waals surface area contributed by atoms with Crippen molar-refractivity contribution in [2.75, 3.05) is 13.1 Å². The lowest BCUT2D eigenvalue weighted by atomic mass is 9.85. The minimum absolute atomic E-state index is 0.0587. The molecule has 4 nitrogen and oxygen atoms in total. The van der Waals surface area contributed by atoms with Crippen LogP contribution in [0.5, 0.6) is 0 Å². The number of rotatable bonds is 2. The molecular formula is C21H19F2N3O. The number of piperidine rings is 1. The second-order valence-electron chi connectivity index (χ2n) is 6.98. The Hall–Kier alpha value is -2.75. The van der Waals surface area contributed by atoms with Gasteiger partial charge in [0.15, 0.2) is 11.6 Å². The van der Waals surface area contributed by atoms with E-state index in [1.54, 1.807) is 35.2 Å². The van der Waals surface area contributed by atoms with E-state index >= 15 is 0 Å². The van der Waals surface area contributed by atoms with Crippen molar-refractivity contribution in [3.8, 4) is 12.3 Å². The molecule has 2 fully saturated rings. The van der Waals surface area contributed by atoms with Crippen molar-refractivity contribution in [3.63, 3.8) is 0 Å². The maximum Gasteiger partial charge on any atom is 0.253 e. The Morgan fingerprint density at radius 2 is 2.00 bits per heavy atom. The molecule has 0 aromatic heterocycles. The summed E-state index contributed by atoms with van der Waals surface area (Å²) in [7, 11) is 0. The number of hydrazine groups is 1. The highest BCUT2D eigenvalue weighted by Gasteiger charge is 2.41. The molecule has 2 N–H and O–H groups in total. The average Bonchev–Trinajstić information content (AvgIpc) is 3.12. The van der Waals surface area contributed by atoms with Crippen LogP contribution in [0.1, 0.15) is 33.9 Å². The number of benzene rings is 2. The molecule has 138 valence electrons. The first-order valence-electron chi connectivity index (χ1n) is 8.89. The maximum absolute atomic E-state index is 13.7. The van der Waals surface area contributed by atoms with Crippen molar-refractivity contribution in [1.29, 1.82) is 0 Å². The van der Waals surface area contributed by atoms with Crippen molar-refractivity contribution in [1.82, 2.24) is 15.8 Å². The summed E-state index contributed by atoms with van der Waals surface area (Å²) in [5.74, 6) is 0.801. The fourth-order valence-corrected chi connectivity index (χ4v) is 3.95. The van der Waals surface area contributed by atoms with Gasteiger partial charge in [-0.05, 0) is 42.3 Å². The van der Waals surface area contributed by atoms with E-state index in [0.717, 1.165) is 12.5 Å². The topological polar surface area (TPSA) is 44.4 Å². The number of fused-ring (bicyclic) bond motifs is 1. The van der Waals surface area contributed by atoms with Crippen LogP contribution < -0.4 is 10.9 Å². The summed E-state index contributed by atoms with van der Waals surface area (Å²) in [5, 5.41) is 0. The fourth-order valence-electron chi connectivity index (χ4n) is 3.95. The number of carbonyl (C=O) groups is 1. The van der Waals surface area contributed by atoms with Crippen molar-refractivity contribution >= 4 is 5.91 Å². The average molecular weight is 367 g/mol. The van der Waals surface area contributed by atoms with E-state index in [-0.39, 0.29) is 23.9 Å². The lowest BCUT2D eigenvalue weighted by molar-refractivity contribution is 0.0652. The molecule has 0 aliphatic carbocycles. The van der Waals surface area contributed by atoms with Gasteiger partial charge in [-0.3, -0.25) is 10.2 Å². The number of amides is 1. The van der Waals surface area contributed by atoms with Gasteiger partial charge in [0.1, 0.15) is 0 Å². The van der Waals surface area contributed by atoms with E-state index in [1.807, 2.05) is 0 Å². The summed E-state index contributed by atoms with van der Waals surface area (Å²) in [6.07, 6.45) is 6.20. The Labute approximate surface area is 156 Å². The number of carbonyl (C=O) groups excluding carboxylic acids is 1. The molecule has 0 bridgehead atoms. The Balaban J connectivity index is 1.55. The molecule has 1 amide bonds. The van der Waals surface area contributed by atoms with Crippen LogP contribution in [0.15, 0.2) is 42.5 Å². The highest BCUT2D eigenvalue weighted by Crippen LogP contribution is 2.34. The third-order valence-corrected chi connectivity index (χ3v) is 5.38. The van der Waals surface area contributed by atoms with Gasteiger partial charge in [0, 0.05) is 36.2 Å². The van der Waals surface area contributed by atoms with E-state index in [0.29, 0.717) is 29.8 Å². The van der Waals surface area contributed by atoms with Crippen molar-refractivity contribution < 1.29 is 13.6 Å². The molecule has 2 aliphatic heterocycles. The number of hydrogen-bond donors (Lipinski definition) is 2. The molecule has 0 radical (unpaired) electrons. The minimum atomic E-state index is -0.868. The van der Waals surface area contributed by atoms with Gasteiger partial charge < -0.3 is 4.90 Å². The van der Waals surface area contributed by atoms with Crippen LogP contribution in [0.3, 0.4) is 0 Å². The van der Waals surface area contributed by atoms with Crippen LogP contribution in [-0.2, 0) is 0 Å². The van der Waals surface area contributed by atoms with Gasteiger partial charge in [0.05, 0.1) is 6.04 Å². The van der Waals surface area contributed by atoms with Gasteiger partial charge in [-0.25, -0.2) is 14.2 Å². The zero-order chi connectivity index (χ0) is 19.0. The number of nitrogens with one attached hydrogen (secondary N) is 2. The first-order valence-corrected chi connectivity index (χ1v) is 8.89. The van der Waals surface area contributed by atoms with E-state index in [2.05, 4.69) is 16.8 Å². The lowest BCUT2D eigenvalue weighted by Gasteiger charge is -2.36. The Kier molecular flexibility index (Phi) is 4.65. The highest BCUT2D eigenvalue weighted by molar-refractivity contribution is 5.94. The van der Waals surface area contributed by atoms with E-state index in [4.69, 9.17) is 6.42 Å². The molecule has 2 aromatic carbocycles. The largest absolute Gasteiger partial charge is 0.338 e. The Bertz CT molecular complexity index is 924. The zero-order valence-electron chi connectivity index (χ0n) is 14.6. The quantitative estimate of drug-likeness (QED) is 0.802. The van der Waals surface area contributed by atoms with Crippen molar-refractivity contribution in [3.05, 3.63) is 70.8 Å². The SMILES string of the molecule is C#Cc1cccc(C(=O)N2CCC3NNC(c4ccc(F)c(F)c4)C3C2)c1. The van der Waals surface area contributed by atoms with Gasteiger partial charge in [-0.1, -0.05) is 18.1 Å². The Morgan fingerprint density at radius 3 is 2.78 bits per heavy atom. The standard InChI is InChI=1S/C21H19F2N3O/c1-2-13-4-3-5-15(10-13)21(27)26-9-8-19-16(12-26)20(25-24-19)14-6-7-17(22)18(23)11-14/h1,3-7,10-11,16,19-20,24-25H,8-9,12H2. The van der Waals surface area contributed by atoms with E-state index in [1.165, 1.54) is 6.07 Å². The molecular weight excluding hydrogens is 348 g/mol. The normalized spacial score (nSPS) is 24.3. The van der Waals surface area contributed by atoms with Crippen LogP contribution in [0.2, 0.25) is 0 Å². The van der Waals surface area contributed by atoms with Gasteiger partial charge in [0.25, 0.3) is 5.91 Å². The summed E-state index contributed by atoms with van der Waals surface area (Å²) in [4.78, 5) is 14.7. The molecule has 4 rings (SSSR count). The monoisotopic (exact) mass is 367 g/mol. The molecule has 0 saturated carbocycles. The lowest BCUT2D eigenvalue weighted by Crippen LogP contribution is -2.47. The Morgan fingerprint density at radius 1 is 1.15 bits per heavy atom. The second-order valence-corrected chi connectivity index (χ2v) is 6.98. The molecule has 3 unspecified atom stereocenters. The van der Waals surface area contributed by atoms with Crippen LogP contribution >= 0.6 is 0 Å². The number of nitrogens with zero attached hydrogens (tertiary/aromatic N) is 1.